The smallest absolute Gasteiger partial charge is 0.408 e. The standard InChI is InChI=1S/C16H21NO4/c1-20-15(18)14(10-9-12-7-8-12)17-16(19)21-11-13-5-3-2-4-6-13/h2-6,12,14H,7-11H2,1H3,(H,17,19)/t14-/m1/s1. The van der Waals surface area contributed by atoms with Gasteiger partial charge in [0.25, 0.3) is 0 Å². The normalized spacial score (nSPS) is 15.1. The molecular formula is C16H21NO4. The van der Waals surface area contributed by atoms with E-state index >= 15 is 0 Å². The van der Waals surface area contributed by atoms with Crippen LogP contribution >= 0.6 is 0 Å². The lowest BCUT2D eigenvalue weighted by molar-refractivity contribution is -0.143. The van der Waals surface area contributed by atoms with Gasteiger partial charge in [0, 0.05) is 0 Å². The van der Waals surface area contributed by atoms with Crippen LogP contribution in [-0.2, 0) is 20.9 Å². The van der Waals surface area contributed by atoms with Crippen molar-refractivity contribution in [3.8, 4) is 0 Å². The third-order valence-electron chi connectivity index (χ3n) is 3.55. The number of esters is 1. The highest BCUT2D eigenvalue weighted by Gasteiger charge is 2.27. The molecule has 114 valence electrons. The lowest BCUT2D eigenvalue weighted by Crippen LogP contribution is -2.41. The van der Waals surface area contributed by atoms with Gasteiger partial charge in [-0.25, -0.2) is 9.59 Å². The van der Waals surface area contributed by atoms with Crippen molar-refractivity contribution in [2.24, 2.45) is 5.92 Å². The van der Waals surface area contributed by atoms with Crippen molar-refractivity contribution in [3.05, 3.63) is 35.9 Å². The SMILES string of the molecule is COC(=O)[C@@H](CCC1CC1)NC(=O)OCc1ccccc1. The Hall–Kier alpha value is -2.04. The van der Waals surface area contributed by atoms with Gasteiger partial charge in [-0.1, -0.05) is 43.2 Å². The van der Waals surface area contributed by atoms with Crippen LogP contribution in [0.3, 0.4) is 0 Å². The molecule has 1 aliphatic rings. The number of amides is 1. The largest absolute Gasteiger partial charge is 0.467 e. The van der Waals surface area contributed by atoms with Crippen LogP contribution in [0.15, 0.2) is 30.3 Å². The predicted octanol–water partition coefficient (Wildman–Crippen LogP) is 2.64. The average molecular weight is 291 g/mol. The van der Waals surface area contributed by atoms with E-state index in [0.717, 1.165) is 12.0 Å². The zero-order chi connectivity index (χ0) is 15.1. The summed E-state index contributed by atoms with van der Waals surface area (Å²) in [5.74, 6) is 0.270. The summed E-state index contributed by atoms with van der Waals surface area (Å²) >= 11 is 0. The third kappa shape index (κ3) is 5.45. The molecule has 1 saturated carbocycles. The summed E-state index contributed by atoms with van der Waals surface area (Å²) in [7, 11) is 1.32. The van der Waals surface area contributed by atoms with Gasteiger partial charge in [-0.15, -0.1) is 0 Å². The molecule has 0 aliphatic heterocycles. The Morgan fingerprint density at radius 1 is 1.29 bits per heavy atom. The third-order valence-corrected chi connectivity index (χ3v) is 3.55. The minimum atomic E-state index is -0.626. The molecule has 0 unspecified atom stereocenters. The molecule has 1 aromatic rings. The quantitative estimate of drug-likeness (QED) is 0.784. The Balaban J connectivity index is 1.77. The van der Waals surface area contributed by atoms with Gasteiger partial charge in [-0.2, -0.15) is 0 Å². The highest BCUT2D eigenvalue weighted by atomic mass is 16.6. The van der Waals surface area contributed by atoms with Crippen molar-refractivity contribution in [1.82, 2.24) is 5.32 Å². The minimum Gasteiger partial charge on any atom is -0.467 e. The highest BCUT2D eigenvalue weighted by Crippen LogP contribution is 2.33. The second-order valence-electron chi connectivity index (χ2n) is 5.30. The van der Waals surface area contributed by atoms with Crippen LogP contribution in [0.25, 0.3) is 0 Å². The van der Waals surface area contributed by atoms with Crippen molar-refractivity contribution in [2.75, 3.05) is 7.11 Å². The Kier molecular flexibility index (Phi) is 5.60. The predicted molar refractivity (Wildman–Crippen MR) is 77.5 cm³/mol. The van der Waals surface area contributed by atoms with Crippen LogP contribution in [0.1, 0.15) is 31.2 Å². The summed E-state index contributed by atoms with van der Waals surface area (Å²) in [6.45, 7) is 0.184. The lowest BCUT2D eigenvalue weighted by Gasteiger charge is -2.16. The molecular weight excluding hydrogens is 270 g/mol. The first-order chi connectivity index (χ1) is 10.2. The molecule has 1 amide bonds. The number of ether oxygens (including phenoxy) is 2. The van der Waals surface area contributed by atoms with Gasteiger partial charge in [0.1, 0.15) is 12.6 Å². The molecule has 2 rings (SSSR count). The van der Waals surface area contributed by atoms with Crippen molar-refractivity contribution >= 4 is 12.1 Å². The Labute approximate surface area is 124 Å². The Bertz CT molecular complexity index is 470. The van der Waals surface area contributed by atoms with Gasteiger partial charge < -0.3 is 14.8 Å². The van der Waals surface area contributed by atoms with E-state index < -0.39 is 18.1 Å². The van der Waals surface area contributed by atoms with E-state index in [2.05, 4.69) is 5.32 Å². The molecule has 1 aromatic carbocycles. The maximum atomic E-state index is 11.8. The van der Waals surface area contributed by atoms with Gasteiger partial charge >= 0.3 is 12.1 Å². The summed E-state index contributed by atoms with van der Waals surface area (Å²) in [5.41, 5.74) is 0.903. The number of methoxy groups -OCH3 is 1. The fourth-order valence-corrected chi connectivity index (χ4v) is 2.11. The van der Waals surface area contributed by atoms with E-state index in [1.807, 2.05) is 30.3 Å². The zero-order valence-corrected chi connectivity index (χ0v) is 12.2. The number of benzene rings is 1. The van der Waals surface area contributed by atoms with E-state index in [1.165, 1.54) is 20.0 Å². The second-order valence-corrected chi connectivity index (χ2v) is 5.30. The Morgan fingerprint density at radius 2 is 2.00 bits per heavy atom. The first-order valence-corrected chi connectivity index (χ1v) is 7.24. The highest BCUT2D eigenvalue weighted by molar-refractivity contribution is 5.81. The number of hydrogen-bond donors (Lipinski definition) is 1. The summed E-state index contributed by atoms with van der Waals surface area (Å²) < 4.78 is 9.84. The zero-order valence-electron chi connectivity index (χ0n) is 12.2. The number of hydrogen-bond acceptors (Lipinski definition) is 4. The topological polar surface area (TPSA) is 64.6 Å². The molecule has 0 spiro atoms. The molecule has 1 fully saturated rings. The number of nitrogens with one attached hydrogen (secondary N) is 1. The van der Waals surface area contributed by atoms with Crippen molar-refractivity contribution < 1.29 is 19.1 Å². The van der Waals surface area contributed by atoms with Gasteiger partial charge in [-0.05, 0) is 24.3 Å². The van der Waals surface area contributed by atoms with Crippen LogP contribution in [-0.4, -0.2) is 25.2 Å². The Morgan fingerprint density at radius 3 is 2.62 bits per heavy atom. The molecule has 1 atom stereocenters. The van der Waals surface area contributed by atoms with Crippen molar-refractivity contribution in [1.29, 1.82) is 0 Å². The van der Waals surface area contributed by atoms with E-state index in [1.54, 1.807) is 0 Å². The fourth-order valence-electron chi connectivity index (χ4n) is 2.11. The van der Waals surface area contributed by atoms with E-state index in [4.69, 9.17) is 9.47 Å². The summed E-state index contributed by atoms with van der Waals surface area (Å²) in [6, 6.07) is 8.77. The van der Waals surface area contributed by atoms with Gasteiger partial charge in [-0.3, -0.25) is 0 Å². The fraction of sp³-hybridized carbons (Fsp3) is 0.500. The number of carbonyl (C=O) groups is 2. The first kappa shape index (κ1) is 15.4. The summed E-state index contributed by atoms with van der Waals surface area (Å²) in [5, 5.41) is 2.59. The molecule has 1 N–H and O–H groups in total. The average Bonchev–Trinajstić information content (AvgIpc) is 3.34. The van der Waals surface area contributed by atoms with E-state index in [9.17, 15) is 9.59 Å². The second kappa shape index (κ2) is 7.67. The van der Waals surface area contributed by atoms with Gasteiger partial charge in [0.2, 0.25) is 0 Å². The summed E-state index contributed by atoms with van der Waals surface area (Å²) in [4.78, 5) is 23.4. The molecule has 0 radical (unpaired) electrons. The van der Waals surface area contributed by atoms with Crippen LogP contribution in [0.4, 0.5) is 4.79 Å². The molecule has 5 heteroatoms. The minimum absolute atomic E-state index is 0.184. The van der Waals surface area contributed by atoms with Crippen LogP contribution in [0.5, 0.6) is 0 Å². The maximum Gasteiger partial charge on any atom is 0.408 e. The molecule has 0 aromatic heterocycles. The molecule has 0 heterocycles. The number of alkyl carbamates (subject to hydrolysis) is 1. The van der Waals surface area contributed by atoms with Crippen LogP contribution < -0.4 is 5.32 Å². The van der Waals surface area contributed by atoms with E-state index in [0.29, 0.717) is 12.3 Å². The van der Waals surface area contributed by atoms with Crippen molar-refractivity contribution in [3.63, 3.8) is 0 Å². The van der Waals surface area contributed by atoms with Crippen LogP contribution in [0, 0.1) is 5.92 Å². The lowest BCUT2D eigenvalue weighted by atomic mass is 10.1. The molecule has 21 heavy (non-hydrogen) atoms. The van der Waals surface area contributed by atoms with E-state index in [-0.39, 0.29) is 6.61 Å². The molecule has 1 aliphatic carbocycles. The first-order valence-electron chi connectivity index (χ1n) is 7.24. The van der Waals surface area contributed by atoms with Gasteiger partial charge in [0.15, 0.2) is 0 Å². The van der Waals surface area contributed by atoms with Crippen LogP contribution in [0.2, 0.25) is 0 Å². The summed E-state index contributed by atoms with van der Waals surface area (Å²) in [6.07, 6.45) is 3.36. The molecule has 5 nitrogen and oxygen atoms in total. The number of carbonyl (C=O) groups excluding carboxylic acids is 2. The maximum absolute atomic E-state index is 11.8. The van der Waals surface area contributed by atoms with Gasteiger partial charge in [0.05, 0.1) is 7.11 Å². The molecule has 0 saturated heterocycles. The molecule has 0 bridgehead atoms. The van der Waals surface area contributed by atoms with Crippen molar-refractivity contribution in [2.45, 2.75) is 38.3 Å². The number of rotatable bonds is 7. The monoisotopic (exact) mass is 291 g/mol.